The lowest BCUT2D eigenvalue weighted by atomic mass is 10.0. The van der Waals surface area contributed by atoms with Gasteiger partial charge in [0.15, 0.2) is 6.10 Å². The molecule has 0 aliphatic rings. The summed E-state index contributed by atoms with van der Waals surface area (Å²) in [5.41, 5.74) is 0. The van der Waals surface area contributed by atoms with E-state index in [1.165, 1.54) is 154 Å². The standard InChI is InChI=1S/C77H130O6/c1-4-7-10-13-16-19-22-25-27-29-31-33-35-37-38-40-41-43-45-47-49-52-55-58-61-64-67-70-76(79)82-73-74(72-81-75(78)69-66-63-60-57-54-51-24-21-18-15-12-9-6-3)83-77(80)71-68-65-62-59-56-53-50-48-46-44-42-39-36-34-32-30-28-26-23-20-17-14-11-8-5-2/h7,10,16,19,23,25-27,30-33,36-39,41,43,47,49,74H,4-6,8-9,11-15,17-18,20-22,24,28-29,34-35,40,42,44-46,48,50-73H2,1-3H3/b10-7-,19-16-,26-23-,27-25-,32-30-,33-31-,38-37-,39-36-,43-41-,49-47-. The molecule has 0 spiro atoms. The van der Waals surface area contributed by atoms with Crippen molar-refractivity contribution in [3.63, 3.8) is 0 Å². The molecule has 1 unspecified atom stereocenters. The molecule has 0 saturated heterocycles. The van der Waals surface area contributed by atoms with Crippen LogP contribution in [-0.4, -0.2) is 37.2 Å². The number of rotatable bonds is 63. The van der Waals surface area contributed by atoms with Crippen molar-refractivity contribution in [3.05, 3.63) is 122 Å². The number of carbonyl (C=O) groups excluding carboxylic acids is 3. The molecule has 474 valence electrons. The molecule has 6 heteroatoms. The second-order valence-corrected chi connectivity index (χ2v) is 23.1. The molecule has 6 nitrogen and oxygen atoms in total. The molecule has 0 aliphatic carbocycles. The summed E-state index contributed by atoms with van der Waals surface area (Å²) in [5.74, 6) is -0.899. The van der Waals surface area contributed by atoms with E-state index in [1.54, 1.807) is 0 Å². The van der Waals surface area contributed by atoms with Gasteiger partial charge in [0.25, 0.3) is 0 Å². The lowest BCUT2D eigenvalue weighted by Crippen LogP contribution is -2.30. The van der Waals surface area contributed by atoms with Crippen LogP contribution in [0.25, 0.3) is 0 Å². The van der Waals surface area contributed by atoms with Gasteiger partial charge in [-0.25, -0.2) is 0 Å². The highest BCUT2D eigenvalue weighted by Crippen LogP contribution is 2.16. The first kappa shape index (κ1) is 78.8. The van der Waals surface area contributed by atoms with Crippen LogP contribution in [0.15, 0.2) is 122 Å². The van der Waals surface area contributed by atoms with E-state index in [0.29, 0.717) is 19.3 Å². The average Bonchev–Trinajstić information content (AvgIpc) is 3.49. The summed E-state index contributed by atoms with van der Waals surface area (Å²) in [4.78, 5) is 38.4. The molecular formula is C77H130O6. The quantitative estimate of drug-likeness (QED) is 0.0261. The van der Waals surface area contributed by atoms with Gasteiger partial charge in [-0.15, -0.1) is 0 Å². The highest BCUT2D eigenvalue weighted by Gasteiger charge is 2.19. The first-order chi connectivity index (χ1) is 41.0. The largest absolute Gasteiger partial charge is 0.462 e. The van der Waals surface area contributed by atoms with Gasteiger partial charge in [0.05, 0.1) is 0 Å². The minimum absolute atomic E-state index is 0.0852. The van der Waals surface area contributed by atoms with Gasteiger partial charge in [0, 0.05) is 19.3 Å². The number of hydrogen-bond acceptors (Lipinski definition) is 6. The van der Waals surface area contributed by atoms with Crippen molar-refractivity contribution >= 4 is 17.9 Å². The second-order valence-electron chi connectivity index (χ2n) is 23.1. The Morgan fingerprint density at radius 3 is 0.735 bits per heavy atom. The maximum atomic E-state index is 13.0. The van der Waals surface area contributed by atoms with Gasteiger partial charge < -0.3 is 14.2 Å². The number of ether oxygens (including phenoxy) is 3. The summed E-state index contributed by atoms with van der Waals surface area (Å²) in [5, 5.41) is 0. The van der Waals surface area contributed by atoms with Crippen molar-refractivity contribution in [2.45, 2.75) is 335 Å². The molecule has 83 heavy (non-hydrogen) atoms. The number of hydrogen-bond donors (Lipinski definition) is 0. The molecule has 0 aromatic rings. The second kappa shape index (κ2) is 70.3. The molecule has 0 saturated carbocycles. The highest BCUT2D eigenvalue weighted by molar-refractivity contribution is 5.71. The third-order valence-electron chi connectivity index (χ3n) is 15.0. The molecule has 0 heterocycles. The smallest absolute Gasteiger partial charge is 0.306 e. The fraction of sp³-hybridized carbons (Fsp3) is 0.701. The van der Waals surface area contributed by atoms with Crippen molar-refractivity contribution in [1.82, 2.24) is 0 Å². The third kappa shape index (κ3) is 68.5. The Morgan fingerprint density at radius 2 is 0.470 bits per heavy atom. The summed E-state index contributed by atoms with van der Waals surface area (Å²) in [6.07, 6.45) is 97.8. The fourth-order valence-corrected chi connectivity index (χ4v) is 9.73. The van der Waals surface area contributed by atoms with Crippen LogP contribution >= 0.6 is 0 Å². The van der Waals surface area contributed by atoms with E-state index >= 15 is 0 Å². The molecular weight excluding hydrogens is 1020 g/mol. The minimum atomic E-state index is -0.792. The predicted octanol–water partition coefficient (Wildman–Crippen LogP) is 24.3. The zero-order chi connectivity index (χ0) is 59.9. The summed E-state index contributed by atoms with van der Waals surface area (Å²) in [6, 6.07) is 0. The zero-order valence-electron chi connectivity index (χ0n) is 54.4. The molecule has 0 rings (SSSR count). The van der Waals surface area contributed by atoms with E-state index in [-0.39, 0.29) is 31.1 Å². The van der Waals surface area contributed by atoms with E-state index < -0.39 is 6.10 Å². The van der Waals surface area contributed by atoms with Gasteiger partial charge in [-0.05, 0) is 116 Å². The Kier molecular flexibility index (Phi) is 66.7. The Bertz CT molecular complexity index is 1700. The van der Waals surface area contributed by atoms with Gasteiger partial charge in [-0.2, -0.15) is 0 Å². The van der Waals surface area contributed by atoms with E-state index in [2.05, 4.69) is 142 Å². The number of carbonyl (C=O) groups is 3. The van der Waals surface area contributed by atoms with Crippen LogP contribution in [-0.2, 0) is 28.6 Å². The topological polar surface area (TPSA) is 78.9 Å². The fourth-order valence-electron chi connectivity index (χ4n) is 9.73. The van der Waals surface area contributed by atoms with E-state index in [0.717, 1.165) is 135 Å². The van der Waals surface area contributed by atoms with Crippen molar-refractivity contribution in [2.24, 2.45) is 0 Å². The summed E-state index contributed by atoms with van der Waals surface area (Å²) < 4.78 is 17.0. The molecule has 0 aliphatic heterocycles. The first-order valence-corrected chi connectivity index (χ1v) is 35.0. The van der Waals surface area contributed by atoms with Crippen LogP contribution in [0, 0.1) is 0 Å². The molecule has 0 amide bonds. The van der Waals surface area contributed by atoms with Crippen LogP contribution in [0.2, 0.25) is 0 Å². The molecule has 0 N–H and O–H groups in total. The van der Waals surface area contributed by atoms with E-state index in [9.17, 15) is 14.4 Å². The van der Waals surface area contributed by atoms with Gasteiger partial charge >= 0.3 is 17.9 Å². The number of allylic oxidation sites excluding steroid dienone is 20. The van der Waals surface area contributed by atoms with Crippen molar-refractivity contribution in [1.29, 1.82) is 0 Å². The number of unbranched alkanes of at least 4 members (excludes halogenated alkanes) is 32. The molecule has 0 bridgehead atoms. The van der Waals surface area contributed by atoms with Gasteiger partial charge in [0.2, 0.25) is 0 Å². The summed E-state index contributed by atoms with van der Waals surface area (Å²) in [7, 11) is 0. The maximum absolute atomic E-state index is 13.0. The Labute approximate surface area is 513 Å². The molecule has 0 aromatic heterocycles. The lowest BCUT2D eigenvalue weighted by Gasteiger charge is -2.18. The van der Waals surface area contributed by atoms with Crippen LogP contribution in [0.5, 0.6) is 0 Å². The van der Waals surface area contributed by atoms with Crippen molar-refractivity contribution in [3.8, 4) is 0 Å². The lowest BCUT2D eigenvalue weighted by molar-refractivity contribution is -0.167. The monoisotopic (exact) mass is 1150 g/mol. The summed E-state index contributed by atoms with van der Waals surface area (Å²) >= 11 is 0. The maximum Gasteiger partial charge on any atom is 0.306 e. The van der Waals surface area contributed by atoms with Crippen LogP contribution in [0.4, 0.5) is 0 Å². The minimum Gasteiger partial charge on any atom is -0.462 e. The molecule has 0 radical (unpaired) electrons. The Morgan fingerprint density at radius 1 is 0.253 bits per heavy atom. The first-order valence-electron chi connectivity index (χ1n) is 35.0. The third-order valence-corrected chi connectivity index (χ3v) is 15.0. The molecule has 0 fully saturated rings. The average molecular weight is 1150 g/mol. The molecule has 0 aromatic carbocycles. The normalized spacial score (nSPS) is 12.9. The van der Waals surface area contributed by atoms with Crippen molar-refractivity contribution in [2.75, 3.05) is 13.2 Å². The van der Waals surface area contributed by atoms with Crippen LogP contribution < -0.4 is 0 Å². The van der Waals surface area contributed by atoms with Gasteiger partial charge in [0.1, 0.15) is 13.2 Å². The van der Waals surface area contributed by atoms with Crippen LogP contribution in [0.1, 0.15) is 329 Å². The zero-order valence-corrected chi connectivity index (χ0v) is 54.4. The predicted molar refractivity (Wildman–Crippen MR) is 362 cm³/mol. The van der Waals surface area contributed by atoms with Gasteiger partial charge in [-0.1, -0.05) is 316 Å². The van der Waals surface area contributed by atoms with E-state index in [1.807, 2.05) is 0 Å². The Hall–Kier alpha value is -4.19. The highest BCUT2D eigenvalue weighted by atomic mass is 16.6. The van der Waals surface area contributed by atoms with E-state index in [4.69, 9.17) is 14.2 Å². The summed E-state index contributed by atoms with van der Waals surface area (Å²) in [6.45, 7) is 6.52. The number of esters is 3. The van der Waals surface area contributed by atoms with Crippen LogP contribution in [0.3, 0.4) is 0 Å². The van der Waals surface area contributed by atoms with Crippen molar-refractivity contribution < 1.29 is 28.6 Å². The SMILES string of the molecule is CC/C=C\C/C=C\C/C=C\C/C=C\C/C=C\C/C=C\C/C=C\CCCCCCCC(=O)OCC(COC(=O)CCCCCCCCCCCCCCC)OC(=O)CCCCCCCCCCCC/C=C\C/C=C\C/C=C\CCCCCCC. The Balaban J connectivity index is 4.37. The molecule has 1 atom stereocenters. The van der Waals surface area contributed by atoms with Gasteiger partial charge in [-0.3, -0.25) is 14.4 Å².